The van der Waals surface area contributed by atoms with Crippen LogP contribution in [-0.2, 0) is 6.54 Å². The summed E-state index contributed by atoms with van der Waals surface area (Å²) < 4.78 is 18.7. The number of allylic oxidation sites excluding steroid dienone is 1. The van der Waals surface area contributed by atoms with Crippen LogP contribution in [0.1, 0.15) is 18.4 Å². The maximum Gasteiger partial charge on any atom is 0.165 e. The van der Waals surface area contributed by atoms with Crippen LogP contribution >= 0.6 is 0 Å². The van der Waals surface area contributed by atoms with E-state index in [4.69, 9.17) is 10.5 Å². The molecule has 0 atom stereocenters. The van der Waals surface area contributed by atoms with Gasteiger partial charge in [-0.1, -0.05) is 18.2 Å². The third-order valence-electron chi connectivity index (χ3n) is 2.07. The molecule has 0 saturated heterocycles. The largest absolute Gasteiger partial charge is 0.490 e. The van der Waals surface area contributed by atoms with Crippen LogP contribution < -0.4 is 10.5 Å². The molecule has 2 nitrogen and oxygen atoms in total. The monoisotopic (exact) mass is 209 g/mol. The molecule has 3 heteroatoms. The lowest BCUT2D eigenvalue weighted by molar-refractivity contribution is 0.293. The molecule has 1 aromatic rings. The van der Waals surface area contributed by atoms with E-state index in [2.05, 4.69) is 6.58 Å². The average Bonchev–Trinajstić information content (AvgIpc) is 2.26. The fourth-order valence-corrected chi connectivity index (χ4v) is 1.28. The van der Waals surface area contributed by atoms with Gasteiger partial charge >= 0.3 is 0 Å². The summed E-state index contributed by atoms with van der Waals surface area (Å²) in [5.74, 6) is -0.0689. The van der Waals surface area contributed by atoms with Gasteiger partial charge in [-0.2, -0.15) is 0 Å². The zero-order valence-electron chi connectivity index (χ0n) is 8.71. The molecule has 1 rings (SSSR count). The maximum atomic E-state index is 13.3. The molecule has 0 saturated carbocycles. The molecule has 0 heterocycles. The van der Waals surface area contributed by atoms with Gasteiger partial charge in [-0.3, -0.25) is 0 Å². The number of halogens is 1. The Hall–Kier alpha value is -1.35. The van der Waals surface area contributed by atoms with Crippen molar-refractivity contribution >= 4 is 0 Å². The van der Waals surface area contributed by atoms with Gasteiger partial charge in [0.05, 0.1) is 6.61 Å². The highest BCUT2D eigenvalue weighted by Crippen LogP contribution is 2.22. The number of benzene rings is 1. The molecule has 0 spiro atoms. The predicted octanol–water partition coefficient (Wildman–Crippen LogP) is 2.63. The lowest BCUT2D eigenvalue weighted by Crippen LogP contribution is -2.05. The summed E-state index contributed by atoms with van der Waals surface area (Å²) in [6, 6.07) is 4.78. The van der Waals surface area contributed by atoms with Crippen LogP contribution in [0.15, 0.2) is 30.9 Å². The molecule has 82 valence electrons. The number of ether oxygens (including phenoxy) is 1. The minimum Gasteiger partial charge on any atom is -0.490 e. The molecule has 0 aliphatic rings. The lowest BCUT2D eigenvalue weighted by atomic mass is 10.2. The molecular formula is C12H16FNO. The number of hydrogen-bond acceptors (Lipinski definition) is 2. The fraction of sp³-hybridized carbons (Fsp3) is 0.333. The van der Waals surface area contributed by atoms with E-state index in [0.717, 1.165) is 12.8 Å². The van der Waals surface area contributed by atoms with Crippen LogP contribution in [0.25, 0.3) is 0 Å². The van der Waals surface area contributed by atoms with Crippen LogP contribution in [0.3, 0.4) is 0 Å². The van der Waals surface area contributed by atoms with Crippen LogP contribution in [0.2, 0.25) is 0 Å². The smallest absolute Gasteiger partial charge is 0.165 e. The second-order valence-electron chi connectivity index (χ2n) is 3.21. The van der Waals surface area contributed by atoms with Gasteiger partial charge in [-0.25, -0.2) is 4.39 Å². The van der Waals surface area contributed by atoms with E-state index in [1.165, 1.54) is 6.07 Å². The van der Waals surface area contributed by atoms with Crippen molar-refractivity contribution in [3.05, 3.63) is 42.2 Å². The molecule has 15 heavy (non-hydrogen) atoms. The molecule has 0 unspecified atom stereocenters. The number of rotatable bonds is 6. The Labute approximate surface area is 89.6 Å². The second-order valence-corrected chi connectivity index (χ2v) is 3.21. The number of nitrogens with two attached hydrogens (primary N) is 1. The molecule has 0 fully saturated rings. The third-order valence-corrected chi connectivity index (χ3v) is 2.07. The molecule has 0 aliphatic carbocycles. The minimum atomic E-state index is -0.350. The van der Waals surface area contributed by atoms with Crippen molar-refractivity contribution in [1.29, 1.82) is 0 Å². The van der Waals surface area contributed by atoms with E-state index in [1.807, 2.05) is 6.08 Å². The Bertz CT molecular complexity index is 325. The van der Waals surface area contributed by atoms with Crippen LogP contribution in [-0.4, -0.2) is 6.61 Å². The van der Waals surface area contributed by atoms with Crippen LogP contribution in [0.4, 0.5) is 4.39 Å². The van der Waals surface area contributed by atoms with E-state index < -0.39 is 0 Å². The summed E-state index contributed by atoms with van der Waals surface area (Å²) in [5, 5.41) is 0. The van der Waals surface area contributed by atoms with Gasteiger partial charge in [0.25, 0.3) is 0 Å². The van der Waals surface area contributed by atoms with Crippen molar-refractivity contribution in [3.63, 3.8) is 0 Å². The van der Waals surface area contributed by atoms with E-state index in [0.29, 0.717) is 12.2 Å². The van der Waals surface area contributed by atoms with Gasteiger partial charge < -0.3 is 10.5 Å². The quantitative estimate of drug-likeness (QED) is 0.577. The van der Waals surface area contributed by atoms with Gasteiger partial charge in [0, 0.05) is 12.1 Å². The molecule has 0 bridgehead atoms. The van der Waals surface area contributed by atoms with Crippen LogP contribution in [0, 0.1) is 5.82 Å². The zero-order chi connectivity index (χ0) is 11.1. The van der Waals surface area contributed by atoms with Crippen molar-refractivity contribution in [2.75, 3.05) is 6.61 Å². The molecule has 0 amide bonds. The fourth-order valence-electron chi connectivity index (χ4n) is 1.28. The number of unbranched alkanes of at least 4 members (excludes halogenated alkanes) is 1. The summed E-state index contributed by atoms with van der Waals surface area (Å²) in [6.07, 6.45) is 3.52. The van der Waals surface area contributed by atoms with E-state index in [1.54, 1.807) is 12.1 Å². The lowest BCUT2D eigenvalue weighted by Gasteiger charge is -2.10. The van der Waals surface area contributed by atoms with Crippen molar-refractivity contribution in [1.82, 2.24) is 0 Å². The first kappa shape index (κ1) is 11.7. The Morgan fingerprint density at radius 1 is 1.47 bits per heavy atom. The summed E-state index contributed by atoms with van der Waals surface area (Å²) in [6.45, 7) is 4.38. The van der Waals surface area contributed by atoms with Crippen LogP contribution in [0.5, 0.6) is 5.75 Å². The minimum absolute atomic E-state index is 0.282. The summed E-state index contributed by atoms with van der Waals surface area (Å²) in [7, 11) is 0. The summed E-state index contributed by atoms with van der Waals surface area (Å²) >= 11 is 0. The highest BCUT2D eigenvalue weighted by Gasteiger charge is 2.07. The molecule has 2 N–H and O–H groups in total. The Morgan fingerprint density at radius 3 is 2.93 bits per heavy atom. The second kappa shape index (κ2) is 6.19. The summed E-state index contributed by atoms with van der Waals surface area (Å²) in [4.78, 5) is 0. The third kappa shape index (κ3) is 3.36. The SMILES string of the molecule is C=CCCCOc1c(F)cccc1CN. The molecule has 0 radical (unpaired) electrons. The molecule has 1 aromatic carbocycles. The Kier molecular flexibility index (Phi) is 4.84. The highest BCUT2D eigenvalue weighted by molar-refractivity contribution is 5.34. The zero-order valence-corrected chi connectivity index (χ0v) is 8.71. The van der Waals surface area contributed by atoms with Crippen molar-refractivity contribution in [2.24, 2.45) is 5.73 Å². The van der Waals surface area contributed by atoms with Crippen molar-refractivity contribution < 1.29 is 9.13 Å². The first-order chi connectivity index (χ1) is 7.29. The van der Waals surface area contributed by atoms with Gasteiger partial charge in [0.2, 0.25) is 0 Å². The molecule has 0 aromatic heterocycles. The molecular weight excluding hydrogens is 193 g/mol. The first-order valence-electron chi connectivity index (χ1n) is 5.00. The van der Waals surface area contributed by atoms with Crippen molar-refractivity contribution in [3.8, 4) is 5.75 Å². The average molecular weight is 209 g/mol. The highest BCUT2D eigenvalue weighted by atomic mass is 19.1. The molecule has 0 aliphatic heterocycles. The Balaban J connectivity index is 2.61. The van der Waals surface area contributed by atoms with E-state index in [9.17, 15) is 4.39 Å². The summed E-state index contributed by atoms with van der Waals surface area (Å²) in [5.41, 5.74) is 6.19. The van der Waals surface area contributed by atoms with Gasteiger partial charge in [0.1, 0.15) is 0 Å². The standard InChI is InChI=1S/C12H16FNO/c1-2-3-4-8-15-12-10(9-14)6-5-7-11(12)13/h2,5-7H,1,3-4,8-9,14H2. The number of hydrogen-bond donors (Lipinski definition) is 1. The Morgan fingerprint density at radius 2 is 2.27 bits per heavy atom. The van der Waals surface area contributed by atoms with Gasteiger partial charge in [0.15, 0.2) is 11.6 Å². The van der Waals surface area contributed by atoms with E-state index >= 15 is 0 Å². The normalized spacial score (nSPS) is 10.0. The van der Waals surface area contributed by atoms with Gasteiger partial charge in [-0.15, -0.1) is 6.58 Å². The van der Waals surface area contributed by atoms with E-state index in [-0.39, 0.29) is 18.1 Å². The predicted molar refractivity (Wildman–Crippen MR) is 59.2 cm³/mol. The maximum absolute atomic E-state index is 13.3. The van der Waals surface area contributed by atoms with Gasteiger partial charge in [-0.05, 0) is 18.9 Å². The van der Waals surface area contributed by atoms with Crippen molar-refractivity contribution in [2.45, 2.75) is 19.4 Å². The number of para-hydroxylation sites is 1. The first-order valence-corrected chi connectivity index (χ1v) is 5.00. The topological polar surface area (TPSA) is 35.2 Å².